The lowest BCUT2D eigenvalue weighted by atomic mass is 10.2. The zero-order valence-electron chi connectivity index (χ0n) is 16.7. The Morgan fingerprint density at radius 1 is 1.31 bits per heavy atom. The average molecular weight is 481 g/mol. The van der Waals surface area contributed by atoms with Crippen LogP contribution in [0.5, 0.6) is 11.5 Å². The van der Waals surface area contributed by atoms with Gasteiger partial charge in [-0.25, -0.2) is 13.8 Å². The van der Waals surface area contributed by atoms with Gasteiger partial charge in [0.05, 0.1) is 24.5 Å². The molecule has 0 atom stereocenters. The second-order valence-electron chi connectivity index (χ2n) is 6.74. The first kappa shape index (κ1) is 23.4. The molecule has 0 unspecified atom stereocenters. The second-order valence-corrected chi connectivity index (χ2v) is 7.58. The van der Waals surface area contributed by atoms with E-state index in [0.29, 0.717) is 11.5 Å². The van der Waals surface area contributed by atoms with Gasteiger partial charge in [-0.05, 0) is 36.3 Å². The zero-order chi connectivity index (χ0) is 23.4. The summed E-state index contributed by atoms with van der Waals surface area (Å²) in [6, 6.07) is 5.72. The van der Waals surface area contributed by atoms with Gasteiger partial charge in [-0.2, -0.15) is 5.26 Å². The first-order chi connectivity index (χ1) is 15.2. The van der Waals surface area contributed by atoms with E-state index in [1.165, 1.54) is 24.3 Å². The number of halogens is 4. The third kappa shape index (κ3) is 5.15. The summed E-state index contributed by atoms with van der Waals surface area (Å²) < 4.78 is 33.4. The molecule has 0 spiro atoms. The standard InChI is InChI=1S/C21H16Cl2F2N4O3/c1-2-12-8-27-20(30)13(5-16(12)23)9-29-10-28-17(19(24)25)18(21(29)31)32-15-4-11(7-26)3-14(22)6-15/h3-6,10,19H,2,8-9H2,1H3,(H,27,30). The molecular weight excluding hydrogens is 465 g/mol. The van der Waals surface area contributed by atoms with E-state index in [0.717, 1.165) is 16.5 Å². The van der Waals surface area contributed by atoms with Crippen molar-refractivity contribution in [1.82, 2.24) is 14.9 Å². The third-order valence-electron chi connectivity index (χ3n) is 4.61. The summed E-state index contributed by atoms with van der Waals surface area (Å²) in [6.07, 6.45) is -0.137. The predicted molar refractivity (Wildman–Crippen MR) is 114 cm³/mol. The molecule has 1 aromatic carbocycles. The van der Waals surface area contributed by atoms with E-state index in [1.807, 2.05) is 13.0 Å². The largest absolute Gasteiger partial charge is 0.449 e. The van der Waals surface area contributed by atoms with Crippen LogP contribution in [0, 0.1) is 11.3 Å². The van der Waals surface area contributed by atoms with E-state index in [4.69, 9.17) is 33.2 Å². The minimum absolute atomic E-state index is 0.0856. The normalized spacial score (nSPS) is 14.0. The summed E-state index contributed by atoms with van der Waals surface area (Å²) in [4.78, 5) is 29.0. The molecule has 0 radical (unpaired) electrons. The minimum Gasteiger partial charge on any atom is -0.449 e. The number of carbonyl (C=O) groups is 1. The Morgan fingerprint density at radius 3 is 2.72 bits per heavy atom. The molecule has 0 fully saturated rings. The molecule has 1 aromatic heterocycles. The predicted octanol–water partition coefficient (Wildman–Crippen LogP) is 4.46. The van der Waals surface area contributed by atoms with Crippen molar-refractivity contribution in [2.45, 2.75) is 26.3 Å². The first-order valence-corrected chi connectivity index (χ1v) is 10.1. The van der Waals surface area contributed by atoms with Crippen molar-refractivity contribution in [2.75, 3.05) is 6.54 Å². The van der Waals surface area contributed by atoms with Crippen LogP contribution in [0.15, 0.2) is 51.6 Å². The highest BCUT2D eigenvalue weighted by molar-refractivity contribution is 6.32. The molecule has 166 valence electrons. The fraction of sp³-hybridized carbons (Fsp3) is 0.238. The summed E-state index contributed by atoms with van der Waals surface area (Å²) in [7, 11) is 0. The van der Waals surface area contributed by atoms with Gasteiger partial charge < -0.3 is 10.1 Å². The molecule has 32 heavy (non-hydrogen) atoms. The molecular formula is C21H16Cl2F2N4O3. The number of hydrogen-bond acceptors (Lipinski definition) is 5. The van der Waals surface area contributed by atoms with Crippen LogP contribution in [-0.2, 0) is 11.3 Å². The number of nitriles is 1. The van der Waals surface area contributed by atoms with Crippen molar-refractivity contribution in [3.8, 4) is 17.6 Å². The molecule has 2 aromatic rings. The van der Waals surface area contributed by atoms with Crippen LogP contribution >= 0.6 is 23.2 Å². The summed E-state index contributed by atoms with van der Waals surface area (Å²) in [5.41, 5.74) is -0.749. The number of nitrogens with zero attached hydrogens (tertiary/aromatic N) is 3. The number of benzene rings is 1. The van der Waals surface area contributed by atoms with Gasteiger partial charge in [-0.1, -0.05) is 30.1 Å². The lowest BCUT2D eigenvalue weighted by Crippen LogP contribution is -2.30. The van der Waals surface area contributed by atoms with Crippen molar-refractivity contribution in [1.29, 1.82) is 5.26 Å². The average Bonchev–Trinajstić information content (AvgIpc) is 2.88. The number of alkyl halides is 2. The minimum atomic E-state index is -3.10. The molecule has 0 bridgehead atoms. The lowest BCUT2D eigenvalue weighted by molar-refractivity contribution is -0.117. The molecule has 1 N–H and O–H groups in total. The quantitative estimate of drug-likeness (QED) is 0.658. The van der Waals surface area contributed by atoms with Crippen LogP contribution in [0.1, 0.15) is 31.0 Å². The third-order valence-corrected chi connectivity index (χ3v) is 5.21. The Morgan fingerprint density at radius 2 is 2.06 bits per heavy atom. The Bertz CT molecular complexity index is 1230. The number of nitrogens with one attached hydrogen (secondary N) is 1. The summed E-state index contributed by atoms with van der Waals surface area (Å²) in [5, 5.41) is 12.2. The summed E-state index contributed by atoms with van der Waals surface area (Å²) in [6.45, 7) is 1.87. The van der Waals surface area contributed by atoms with Gasteiger partial charge in [0, 0.05) is 22.2 Å². The smallest absolute Gasteiger partial charge is 0.297 e. The van der Waals surface area contributed by atoms with E-state index in [-0.39, 0.29) is 35.0 Å². The van der Waals surface area contributed by atoms with E-state index in [2.05, 4.69) is 10.3 Å². The van der Waals surface area contributed by atoms with Crippen molar-refractivity contribution in [3.63, 3.8) is 0 Å². The number of ether oxygens (including phenoxy) is 1. The molecule has 11 heteroatoms. The number of hydrogen-bond donors (Lipinski definition) is 1. The number of allylic oxidation sites excluding steroid dienone is 2. The molecule has 2 heterocycles. The lowest BCUT2D eigenvalue weighted by Gasteiger charge is -2.14. The number of carbonyl (C=O) groups excluding carboxylic acids is 1. The molecule has 7 nitrogen and oxygen atoms in total. The SMILES string of the molecule is CCC1=C(Cl)C=C(Cn2cnc(C(F)F)c(Oc3cc(Cl)cc(C#N)c3)c2=O)C(=O)NC1. The van der Waals surface area contributed by atoms with Gasteiger partial charge >= 0.3 is 0 Å². The molecule has 1 aliphatic rings. The highest BCUT2D eigenvalue weighted by Crippen LogP contribution is 2.30. The van der Waals surface area contributed by atoms with Crippen molar-refractivity contribution in [2.24, 2.45) is 0 Å². The van der Waals surface area contributed by atoms with Gasteiger partial charge in [0.15, 0.2) is 5.69 Å². The molecule has 1 amide bonds. The monoisotopic (exact) mass is 480 g/mol. The molecule has 3 rings (SSSR count). The van der Waals surface area contributed by atoms with Crippen molar-refractivity contribution < 1.29 is 18.3 Å². The fourth-order valence-corrected chi connectivity index (χ4v) is 3.51. The molecule has 1 aliphatic heterocycles. The van der Waals surface area contributed by atoms with Crippen molar-refractivity contribution >= 4 is 29.1 Å². The maximum atomic E-state index is 13.5. The van der Waals surface area contributed by atoms with Crippen LogP contribution in [0.25, 0.3) is 0 Å². The van der Waals surface area contributed by atoms with Crippen LogP contribution in [0.3, 0.4) is 0 Å². The molecule has 0 aliphatic carbocycles. The van der Waals surface area contributed by atoms with Crippen LogP contribution in [0.2, 0.25) is 5.02 Å². The summed E-state index contributed by atoms with van der Waals surface area (Å²) in [5.74, 6) is -1.27. The highest BCUT2D eigenvalue weighted by Gasteiger charge is 2.24. The number of amides is 1. The zero-order valence-corrected chi connectivity index (χ0v) is 18.2. The van der Waals surface area contributed by atoms with Gasteiger partial charge in [0.1, 0.15) is 5.75 Å². The molecule has 0 saturated heterocycles. The van der Waals surface area contributed by atoms with E-state index in [9.17, 15) is 18.4 Å². The number of aromatic nitrogens is 2. The maximum absolute atomic E-state index is 13.5. The van der Waals surface area contributed by atoms with E-state index in [1.54, 1.807) is 0 Å². The second kappa shape index (κ2) is 9.94. The van der Waals surface area contributed by atoms with Crippen LogP contribution in [0.4, 0.5) is 8.78 Å². The molecule has 0 saturated carbocycles. The van der Waals surface area contributed by atoms with Crippen LogP contribution < -0.4 is 15.6 Å². The van der Waals surface area contributed by atoms with E-state index >= 15 is 0 Å². The fourth-order valence-electron chi connectivity index (χ4n) is 2.95. The van der Waals surface area contributed by atoms with Crippen LogP contribution in [-0.4, -0.2) is 22.0 Å². The Kier molecular flexibility index (Phi) is 7.28. The Balaban J connectivity index is 2.04. The Labute approximate surface area is 191 Å². The first-order valence-electron chi connectivity index (χ1n) is 9.35. The Hall–Kier alpha value is -3.22. The van der Waals surface area contributed by atoms with Gasteiger partial charge in [0.25, 0.3) is 12.0 Å². The van der Waals surface area contributed by atoms with E-state index < -0.39 is 29.3 Å². The van der Waals surface area contributed by atoms with Gasteiger partial charge in [-0.3, -0.25) is 14.2 Å². The topological polar surface area (TPSA) is 97.0 Å². The van der Waals surface area contributed by atoms with Gasteiger partial charge in [-0.15, -0.1) is 0 Å². The number of rotatable bonds is 6. The van der Waals surface area contributed by atoms with Crippen molar-refractivity contribution in [3.05, 3.63) is 73.4 Å². The maximum Gasteiger partial charge on any atom is 0.297 e. The highest BCUT2D eigenvalue weighted by atomic mass is 35.5. The summed E-state index contributed by atoms with van der Waals surface area (Å²) >= 11 is 12.2. The van der Waals surface area contributed by atoms with Gasteiger partial charge in [0.2, 0.25) is 11.7 Å².